The van der Waals surface area contributed by atoms with Crippen LogP contribution in [0, 0.1) is 11.6 Å². The monoisotopic (exact) mass is 440 g/mol. The first-order valence-electron chi connectivity index (χ1n) is 8.60. The minimum absolute atomic E-state index is 0.104. The Morgan fingerprint density at radius 1 is 1.00 bits per heavy atom. The third-order valence-electron chi connectivity index (χ3n) is 4.62. The van der Waals surface area contributed by atoms with Crippen LogP contribution in [0.4, 0.5) is 17.6 Å². The molecule has 0 fully saturated rings. The third-order valence-corrected chi connectivity index (χ3v) is 19.8. The molecule has 0 aliphatic rings. The van der Waals surface area contributed by atoms with E-state index in [4.69, 9.17) is 0 Å². The average molecular weight is 439 g/mol. The summed E-state index contributed by atoms with van der Waals surface area (Å²) >= 11 is -3.57. The molecule has 5 heteroatoms. The molecule has 0 spiro atoms. The number of hydrogen-bond donors (Lipinski definition) is 0. The van der Waals surface area contributed by atoms with Crippen molar-refractivity contribution in [1.29, 1.82) is 0 Å². The summed E-state index contributed by atoms with van der Waals surface area (Å²) in [5.41, 5.74) is 0. The van der Waals surface area contributed by atoms with E-state index in [0.29, 0.717) is 3.58 Å². The number of unbranched alkanes of at least 4 members (excludes halogenated alkanes) is 2. The molecule has 0 bridgehead atoms. The standard InChI is InChI=1S/C6H3F2.C4H7F2.2C4H9.Sn/c7-5-3-1-2-4-6(5)8;1-3(5)4(2)6;2*1-3-4-2;/h1-3H;3-4H,1H2,2H3;2*1,3-4H2,2H3;. The summed E-state index contributed by atoms with van der Waals surface area (Å²) in [7, 11) is 0. The van der Waals surface area contributed by atoms with E-state index in [1.165, 1.54) is 13.0 Å². The van der Waals surface area contributed by atoms with Gasteiger partial charge >= 0.3 is 141 Å². The summed E-state index contributed by atoms with van der Waals surface area (Å²) in [5, 5.41) is 0. The summed E-state index contributed by atoms with van der Waals surface area (Å²) in [6.45, 7) is 5.27. The number of benzene rings is 1. The Labute approximate surface area is 141 Å². The fourth-order valence-corrected chi connectivity index (χ4v) is 19.1. The summed E-state index contributed by atoms with van der Waals surface area (Å²) in [6, 6.07) is 4.22. The SMILES string of the molecule is CCC[CH2][Sn]([CH2]CCC)([CH2]C(F)C(C)F)[c]1cccc(F)c1F. The molecule has 1 rings (SSSR count). The second-order valence-corrected chi connectivity index (χ2v) is 19.4. The zero-order valence-corrected chi connectivity index (χ0v) is 17.2. The first-order chi connectivity index (χ1) is 10.9. The van der Waals surface area contributed by atoms with Crippen molar-refractivity contribution in [2.75, 3.05) is 0 Å². The van der Waals surface area contributed by atoms with Crippen molar-refractivity contribution in [3.63, 3.8) is 0 Å². The Balaban J connectivity index is 3.31. The number of alkyl halides is 2. The second-order valence-electron chi connectivity index (χ2n) is 6.49. The van der Waals surface area contributed by atoms with Crippen LogP contribution in [0.15, 0.2) is 18.2 Å². The van der Waals surface area contributed by atoms with Gasteiger partial charge < -0.3 is 0 Å². The van der Waals surface area contributed by atoms with Crippen molar-refractivity contribution >= 4 is 22.0 Å². The van der Waals surface area contributed by atoms with E-state index in [1.54, 1.807) is 6.07 Å². The van der Waals surface area contributed by atoms with Crippen LogP contribution in [0.2, 0.25) is 13.3 Å². The topological polar surface area (TPSA) is 0 Å². The molecule has 0 saturated carbocycles. The average Bonchev–Trinajstić information content (AvgIpc) is 2.52. The molecule has 0 heterocycles. The Morgan fingerprint density at radius 2 is 1.57 bits per heavy atom. The minimum atomic E-state index is -3.57. The Hall–Kier alpha value is -0.261. The van der Waals surface area contributed by atoms with Crippen LogP contribution in [0.3, 0.4) is 0 Å². The number of hydrogen-bond acceptors (Lipinski definition) is 0. The van der Waals surface area contributed by atoms with Crippen molar-refractivity contribution in [1.82, 2.24) is 0 Å². The fraction of sp³-hybridized carbons (Fsp3) is 0.667. The van der Waals surface area contributed by atoms with Crippen molar-refractivity contribution in [2.24, 2.45) is 0 Å². The number of rotatable bonds is 10. The van der Waals surface area contributed by atoms with E-state index in [-0.39, 0.29) is 4.44 Å². The Bertz CT molecular complexity index is 468. The van der Waals surface area contributed by atoms with E-state index in [1.807, 2.05) is 13.8 Å². The molecule has 0 aliphatic heterocycles. The van der Waals surface area contributed by atoms with Gasteiger partial charge in [0.15, 0.2) is 0 Å². The summed E-state index contributed by atoms with van der Waals surface area (Å²) < 4.78 is 57.9. The number of halogens is 4. The van der Waals surface area contributed by atoms with Gasteiger partial charge in [-0.15, -0.1) is 0 Å². The molecular formula is C18H28F4Sn. The summed E-state index contributed by atoms with van der Waals surface area (Å²) in [6.07, 6.45) is 0.424. The normalized spacial score (nSPS) is 14.7. The van der Waals surface area contributed by atoms with Gasteiger partial charge in [0, 0.05) is 0 Å². The molecule has 1 aromatic rings. The molecule has 2 atom stereocenters. The van der Waals surface area contributed by atoms with Gasteiger partial charge in [-0.25, -0.2) is 0 Å². The van der Waals surface area contributed by atoms with E-state index in [2.05, 4.69) is 0 Å². The molecule has 0 N–H and O–H groups in total. The van der Waals surface area contributed by atoms with Crippen LogP contribution in [0.1, 0.15) is 46.5 Å². The van der Waals surface area contributed by atoms with Gasteiger partial charge in [-0.1, -0.05) is 0 Å². The van der Waals surface area contributed by atoms with Crippen molar-refractivity contribution < 1.29 is 17.6 Å². The van der Waals surface area contributed by atoms with Gasteiger partial charge in [0.2, 0.25) is 0 Å². The van der Waals surface area contributed by atoms with Crippen LogP contribution >= 0.6 is 0 Å². The summed E-state index contributed by atoms with van der Waals surface area (Å²) in [4.78, 5) is 0. The molecule has 23 heavy (non-hydrogen) atoms. The molecule has 0 aliphatic carbocycles. The molecular weight excluding hydrogens is 411 g/mol. The van der Waals surface area contributed by atoms with Crippen LogP contribution in [0.25, 0.3) is 0 Å². The van der Waals surface area contributed by atoms with Crippen LogP contribution < -0.4 is 3.58 Å². The van der Waals surface area contributed by atoms with Crippen molar-refractivity contribution in [2.45, 2.75) is 72.1 Å². The first-order valence-corrected chi connectivity index (χ1v) is 16.1. The van der Waals surface area contributed by atoms with Gasteiger partial charge in [-0.05, 0) is 0 Å². The fourth-order valence-electron chi connectivity index (χ4n) is 3.19. The Kier molecular flexibility index (Phi) is 8.94. The molecule has 0 radical (unpaired) electrons. The van der Waals surface area contributed by atoms with E-state index in [0.717, 1.165) is 40.6 Å². The van der Waals surface area contributed by atoms with E-state index >= 15 is 0 Å². The molecule has 0 aromatic heterocycles. The van der Waals surface area contributed by atoms with Gasteiger partial charge in [0.25, 0.3) is 0 Å². The molecule has 2 unspecified atom stereocenters. The maximum atomic E-state index is 14.5. The van der Waals surface area contributed by atoms with Crippen molar-refractivity contribution in [3.8, 4) is 0 Å². The zero-order chi connectivity index (χ0) is 17.5. The molecule has 1 aromatic carbocycles. The van der Waals surface area contributed by atoms with Crippen LogP contribution in [0.5, 0.6) is 0 Å². The van der Waals surface area contributed by atoms with Gasteiger partial charge in [-0.3, -0.25) is 0 Å². The zero-order valence-electron chi connectivity index (χ0n) is 14.3. The molecule has 132 valence electrons. The maximum absolute atomic E-state index is 14.5. The first kappa shape index (κ1) is 20.8. The summed E-state index contributed by atoms with van der Waals surface area (Å²) in [5.74, 6) is -1.70. The molecule has 0 amide bonds. The van der Waals surface area contributed by atoms with Crippen LogP contribution in [-0.4, -0.2) is 30.7 Å². The third kappa shape index (κ3) is 5.64. The van der Waals surface area contributed by atoms with Gasteiger partial charge in [-0.2, -0.15) is 0 Å². The molecule has 0 saturated heterocycles. The van der Waals surface area contributed by atoms with E-state index < -0.39 is 42.4 Å². The second kappa shape index (κ2) is 9.90. The van der Waals surface area contributed by atoms with Crippen molar-refractivity contribution in [3.05, 3.63) is 29.8 Å². The Morgan fingerprint density at radius 3 is 2.04 bits per heavy atom. The molecule has 0 nitrogen and oxygen atoms in total. The van der Waals surface area contributed by atoms with E-state index in [9.17, 15) is 17.6 Å². The van der Waals surface area contributed by atoms with Gasteiger partial charge in [0.05, 0.1) is 0 Å². The predicted octanol–water partition coefficient (Wildman–Crippen LogP) is 5.92. The predicted molar refractivity (Wildman–Crippen MR) is 91.4 cm³/mol. The van der Waals surface area contributed by atoms with Gasteiger partial charge in [0.1, 0.15) is 0 Å². The van der Waals surface area contributed by atoms with Crippen LogP contribution in [-0.2, 0) is 0 Å². The quantitative estimate of drug-likeness (QED) is 0.314.